The third kappa shape index (κ3) is 8.04. The van der Waals surface area contributed by atoms with Crippen molar-refractivity contribution in [3.05, 3.63) is 66.5 Å². The molecule has 200 valence electrons. The average molecular weight is 531 g/mol. The minimum Gasteiger partial charge on any atom is -0.492 e. The van der Waals surface area contributed by atoms with Gasteiger partial charge in [-0.1, -0.05) is 25.5 Å². The Balaban J connectivity index is 1.87. The van der Waals surface area contributed by atoms with Crippen LogP contribution in [0.1, 0.15) is 25.3 Å². The first-order valence-electron chi connectivity index (χ1n) is 12.1. The van der Waals surface area contributed by atoms with Gasteiger partial charge in [0.05, 0.1) is 49.6 Å². The molecule has 1 aromatic heterocycles. The summed E-state index contributed by atoms with van der Waals surface area (Å²) in [4.78, 5) is -0.0182. The zero-order chi connectivity index (χ0) is 26.7. The molecule has 0 bridgehead atoms. The van der Waals surface area contributed by atoms with Crippen LogP contribution in [0.4, 0.5) is 11.4 Å². The van der Waals surface area contributed by atoms with Crippen LogP contribution in [0.15, 0.2) is 65.8 Å². The number of aryl methyl sites for hydroxylation is 1. The number of hydrogen-bond donors (Lipinski definition) is 3. The Morgan fingerprint density at radius 3 is 2.62 bits per heavy atom. The Hall–Kier alpha value is -3.41. The first-order valence-corrected chi connectivity index (χ1v) is 13.6. The molecule has 0 fully saturated rings. The summed E-state index contributed by atoms with van der Waals surface area (Å²) in [5.41, 5.74) is 1.88. The van der Waals surface area contributed by atoms with Crippen LogP contribution in [0.5, 0.6) is 11.5 Å². The number of aromatic nitrogens is 2. The van der Waals surface area contributed by atoms with E-state index in [4.69, 9.17) is 9.47 Å². The zero-order valence-corrected chi connectivity index (χ0v) is 21.9. The van der Waals surface area contributed by atoms with Crippen LogP contribution >= 0.6 is 0 Å². The van der Waals surface area contributed by atoms with Gasteiger partial charge in [-0.3, -0.25) is 4.31 Å². The average Bonchev–Trinajstić information content (AvgIpc) is 2.90. The molecule has 0 saturated carbocycles. The molecule has 37 heavy (non-hydrogen) atoms. The Morgan fingerprint density at radius 1 is 1.08 bits per heavy atom. The molecule has 10 nitrogen and oxygen atoms in total. The minimum absolute atomic E-state index is 0.0182. The number of anilines is 2. The Bertz CT molecular complexity index is 1230. The lowest BCUT2D eigenvalue weighted by Crippen LogP contribution is -2.39. The molecule has 1 unspecified atom stereocenters. The summed E-state index contributed by atoms with van der Waals surface area (Å²) in [5.74, 6) is 0.705. The number of para-hydroxylation sites is 1. The monoisotopic (exact) mass is 530 g/mol. The summed E-state index contributed by atoms with van der Waals surface area (Å²) in [6, 6.07) is 13.3. The van der Waals surface area contributed by atoms with Crippen molar-refractivity contribution >= 4 is 21.4 Å². The van der Waals surface area contributed by atoms with E-state index in [-0.39, 0.29) is 17.2 Å². The van der Waals surface area contributed by atoms with Gasteiger partial charge in [0, 0.05) is 12.6 Å². The Morgan fingerprint density at radius 2 is 1.89 bits per heavy atom. The molecule has 0 aliphatic heterocycles. The molecule has 2 aromatic carbocycles. The fraction of sp³-hybridized carbons (Fsp3) is 0.385. The molecule has 0 amide bonds. The Labute approximate surface area is 217 Å². The van der Waals surface area contributed by atoms with Crippen LogP contribution in [0, 0.1) is 6.92 Å². The smallest absolute Gasteiger partial charge is 0.268 e. The van der Waals surface area contributed by atoms with Crippen molar-refractivity contribution in [3.8, 4) is 11.5 Å². The van der Waals surface area contributed by atoms with Crippen molar-refractivity contribution in [2.24, 2.45) is 0 Å². The normalized spacial score (nSPS) is 12.1. The van der Waals surface area contributed by atoms with Gasteiger partial charge in [0.15, 0.2) is 0 Å². The number of unbranched alkanes of at least 4 members (excludes halogenated alkanes) is 1. The van der Waals surface area contributed by atoms with Crippen LogP contribution < -0.4 is 19.1 Å². The molecule has 1 heterocycles. The van der Waals surface area contributed by atoms with Crippen LogP contribution in [0.25, 0.3) is 0 Å². The minimum atomic E-state index is -4.17. The summed E-state index contributed by atoms with van der Waals surface area (Å²) in [7, 11) is -4.17. The van der Waals surface area contributed by atoms with Gasteiger partial charge in [-0.05, 0) is 49.2 Å². The van der Waals surface area contributed by atoms with Crippen molar-refractivity contribution in [2.75, 3.05) is 42.5 Å². The highest BCUT2D eigenvalue weighted by Crippen LogP contribution is 2.33. The van der Waals surface area contributed by atoms with Crippen LogP contribution in [-0.2, 0) is 10.0 Å². The van der Waals surface area contributed by atoms with Crippen molar-refractivity contribution in [3.63, 3.8) is 0 Å². The summed E-state index contributed by atoms with van der Waals surface area (Å²) >= 11 is 0. The zero-order valence-electron chi connectivity index (χ0n) is 21.1. The molecule has 1 atom stereocenters. The maximum atomic E-state index is 13.9. The lowest BCUT2D eigenvalue weighted by atomic mass is 10.2. The van der Waals surface area contributed by atoms with Gasteiger partial charge in [-0.2, -0.15) is 10.2 Å². The Kier molecular flexibility index (Phi) is 10.5. The van der Waals surface area contributed by atoms with E-state index in [1.807, 2.05) is 13.8 Å². The van der Waals surface area contributed by atoms with Crippen molar-refractivity contribution in [1.82, 2.24) is 10.2 Å². The quantitative estimate of drug-likeness (QED) is 0.254. The highest BCUT2D eigenvalue weighted by molar-refractivity contribution is 7.93. The van der Waals surface area contributed by atoms with E-state index >= 15 is 0 Å². The molecule has 0 radical (unpaired) electrons. The van der Waals surface area contributed by atoms with Gasteiger partial charge in [0.2, 0.25) is 0 Å². The van der Waals surface area contributed by atoms with E-state index in [9.17, 15) is 18.6 Å². The van der Waals surface area contributed by atoms with E-state index in [0.29, 0.717) is 31.2 Å². The van der Waals surface area contributed by atoms with E-state index in [1.54, 1.807) is 54.9 Å². The number of nitrogens with one attached hydrogen (secondary N) is 1. The number of aliphatic hydroxyl groups excluding tert-OH is 2. The van der Waals surface area contributed by atoms with Crippen molar-refractivity contribution in [2.45, 2.75) is 37.7 Å². The van der Waals surface area contributed by atoms with Crippen LogP contribution in [-0.4, -0.2) is 67.8 Å². The van der Waals surface area contributed by atoms with Gasteiger partial charge < -0.3 is 25.0 Å². The van der Waals surface area contributed by atoms with Gasteiger partial charge in [0.25, 0.3) is 10.0 Å². The standard InChI is InChI=1S/C26H34N4O6S/c1-3-4-12-36-25-7-5-6-8-26(25)37(33,34)30(18-23(32)19-31)22-14-20(2)15-24(16-22)35-13-11-27-21-9-10-28-29-17-21/h5-10,14-17,23,31-32H,3-4,11-13,18-19H2,1-2H3,(H,27,28). The summed E-state index contributed by atoms with van der Waals surface area (Å²) in [6.45, 7) is 4.09. The second kappa shape index (κ2) is 13.8. The first-order chi connectivity index (χ1) is 17.8. The molecule has 0 saturated heterocycles. The highest BCUT2D eigenvalue weighted by atomic mass is 32.2. The fourth-order valence-corrected chi connectivity index (χ4v) is 5.15. The number of aliphatic hydroxyl groups is 2. The number of benzene rings is 2. The number of nitrogens with zero attached hydrogens (tertiary/aromatic N) is 3. The lowest BCUT2D eigenvalue weighted by molar-refractivity contribution is 0.102. The number of ether oxygens (including phenoxy) is 2. The third-order valence-electron chi connectivity index (χ3n) is 5.37. The van der Waals surface area contributed by atoms with Gasteiger partial charge in [0.1, 0.15) is 23.0 Å². The molecule has 0 aliphatic carbocycles. The van der Waals surface area contributed by atoms with Crippen LogP contribution in [0.2, 0.25) is 0 Å². The number of sulfonamides is 1. The topological polar surface area (TPSA) is 134 Å². The molecule has 11 heteroatoms. The van der Waals surface area contributed by atoms with Crippen LogP contribution in [0.3, 0.4) is 0 Å². The third-order valence-corrected chi connectivity index (χ3v) is 7.20. The fourth-order valence-electron chi connectivity index (χ4n) is 3.53. The summed E-state index contributed by atoms with van der Waals surface area (Å²) in [5, 5.41) is 30.4. The van der Waals surface area contributed by atoms with E-state index in [0.717, 1.165) is 28.4 Å². The van der Waals surface area contributed by atoms with E-state index < -0.39 is 22.7 Å². The molecule has 3 rings (SSSR count). The van der Waals surface area contributed by atoms with Gasteiger partial charge >= 0.3 is 0 Å². The highest BCUT2D eigenvalue weighted by Gasteiger charge is 2.30. The molecule has 0 spiro atoms. The number of hydrogen-bond acceptors (Lipinski definition) is 9. The molecule has 3 aromatic rings. The van der Waals surface area contributed by atoms with Crippen molar-refractivity contribution < 1.29 is 28.1 Å². The first kappa shape index (κ1) is 28.2. The van der Waals surface area contributed by atoms with Gasteiger partial charge in [-0.15, -0.1) is 0 Å². The largest absolute Gasteiger partial charge is 0.492 e. The van der Waals surface area contributed by atoms with E-state index in [2.05, 4.69) is 15.5 Å². The second-order valence-electron chi connectivity index (χ2n) is 8.43. The molecule has 3 N–H and O–H groups in total. The van der Waals surface area contributed by atoms with E-state index in [1.165, 1.54) is 6.07 Å². The SMILES string of the molecule is CCCCOc1ccccc1S(=O)(=O)N(CC(O)CO)c1cc(C)cc(OCCNc2ccnnc2)c1. The second-order valence-corrected chi connectivity index (χ2v) is 10.3. The molecular weight excluding hydrogens is 496 g/mol. The maximum Gasteiger partial charge on any atom is 0.268 e. The maximum absolute atomic E-state index is 13.9. The van der Waals surface area contributed by atoms with Crippen molar-refractivity contribution in [1.29, 1.82) is 0 Å². The predicted molar refractivity (Wildman–Crippen MR) is 142 cm³/mol. The number of rotatable bonds is 15. The summed E-state index contributed by atoms with van der Waals surface area (Å²) in [6.07, 6.45) is 3.59. The lowest BCUT2D eigenvalue weighted by Gasteiger charge is -2.28. The summed E-state index contributed by atoms with van der Waals surface area (Å²) < 4.78 is 40.5. The predicted octanol–water partition coefficient (Wildman–Crippen LogP) is 3.00. The molecule has 0 aliphatic rings. The molecular formula is C26H34N4O6S. The van der Waals surface area contributed by atoms with Gasteiger partial charge in [-0.25, -0.2) is 8.42 Å².